The van der Waals surface area contributed by atoms with Gasteiger partial charge >= 0.3 is 0 Å². The van der Waals surface area contributed by atoms with Crippen LogP contribution in [-0.4, -0.2) is 12.6 Å². The molecule has 2 unspecified atom stereocenters. The molecule has 1 aromatic carbocycles. The van der Waals surface area contributed by atoms with Gasteiger partial charge in [0.05, 0.1) is 0 Å². The van der Waals surface area contributed by atoms with Crippen LogP contribution in [0.2, 0.25) is 0 Å². The summed E-state index contributed by atoms with van der Waals surface area (Å²) in [5.41, 5.74) is 3.37. The van der Waals surface area contributed by atoms with Crippen molar-refractivity contribution in [3.8, 4) is 0 Å². The summed E-state index contributed by atoms with van der Waals surface area (Å²) >= 11 is 0. The minimum absolute atomic E-state index is 0.609. The first-order chi connectivity index (χ1) is 9.75. The Kier molecular flexibility index (Phi) is 4.45. The molecule has 1 aromatic rings. The van der Waals surface area contributed by atoms with E-state index >= 15 is 0 Å². The van der Waals surface area contributed by atoms with Crippen LogP contribution in [-0.2, 0) is 0 Å². The highest BCUT2D eigenvalue weighted by Crippen LogP contribution is 2.45. The van der Waals surface area contributed by atoms with Crippen LogP contribution in [0.15, 0.2) is 24.3 Å². The van der Waals surface area contributed by atoms with Gasteiger partial charge in [0.15, 0.2) is 0 Å². The molecule has 110 valence electrons. The molecule has 0 aromatic heterocycles. The average molecular weight is 271 g/mol. The highest BCUT2D eigenvalue weighted by Gasteiger charge is 2.32. The zero-order chi connectivity index (χ0) is 13.9. The first-order valence-electron chi connectivity index (χ1n) is 8.58. The number of rotatable bonds is 5. The average Bonchev–Trinajstić information content (AvgIpc) is 2.83. The topological polar surface area (TPSA) is 12.0 Å². The number of hydrogen-bond acceptors (Lipinski definition) is 1. The van der Waals surface area contributed by atoms with Gasteiger partial charge in [0.1, 0.15) is 0 Å². The van der Waals surface area contributed by atoms with E-state index in [4.69, 9.17) is 0 Å². The largest absolute Gasteiger partial charge is 0.314 e. The lowest BCUT2D eigenvalue weighted by molar-refractivity contribution is 0.397. The first-order valence-corrected chi connectivity index (χ1v) is 8.58. The Morgan fingerprint density at radius 3 is 2.35 bits per heavy atom. The molecule has 0 heterocycles. The van der Waals surface area contributed by atoms with Crippen molar-refractivity contribution in [3.63, 3.8) is 0 Å². The third kappa shape index (κ3) is 2.93. The predicted octanol–water partition coefficient (Wildman–Crippen LogP) is 4.84. The van der Waals surface area contributed by atoms with Crippen molar-refractivity contribution in [2.24, 2.45) is 5.92 Å². The van der Waals surface area contributed by atoms with E-state index in [2.05, 4.69) is 43.4 Å². The lowest BCUT2D eigenvalue weighted by Crippen LogP contribution is -2.30. The van der Waals surface area contributed by atoms with Crippen LogP contribution in [0.5, 0.6) is 0 Å². The van der Waals surface area contributed by atoms with E-state index in [0.29, 0.717) is 6.04 Å². The van der Waals surface area contributed by atoms with Gasteiger partial charge in [0.2, 0.25) is 0 Å². The number of hydrogen-bond donors (Lipinski definition) is 1. The maximum Gasteiger partial charge on any atom is 0.00104 e. The van der Waals surface area contributed by atoms with Gasteiger partial charge in [0, 0.05) is 6.04 Å². The predicted molar refractivity (Wildman–Crippen MR) is 86.3 cm³/mol. The summed E-state index contributed by atoms with van der Waals surface area (Å²) in [5.74, 6) is 2.52. The van der Waals surface area contributed by atoms with Crippen molar-refractivity contribution in [3.05, 3.63) is 35.4 Å². The van der Waals surface area contributed by atoms with Crippen molar-refractivity contribution < 1.29 is 0 Å². The van der Waals surface area contributed by atoms with Crippen LogP contribution in [0.4, 0.5) is 0 Å². The van der Waals surface area contributed by atoms with Gasteiger partial charge in [-0.1, -0.05) is 51.0 Å². The van der Waals surface area contributed by atoms with Crippen molar-refractivity contribution in [1.82, 2.24) is 5.32 Å². The fourth-order valence-electron chi connectivity index (χ4n) is 4.02. The van der Waals surface area contributed by atoms with Crippen LogP contribution in [0, 0.1) is 5.92 Å². The molecule has 2 atom stereocenters. The van der Waals surface area contributed by atoms with Crippen molar-refractivity contribution in [2.75, 3.05) is 6.54 Å². The molecule has 2 aliphatic carbocycles. The van der Waals surface area contributed by atoms with Gasteiger partial charge in [-0.25, -0.2) is 0 Å². The number of nitrogens with one attached hydrogen (secondary N) is 1. The minimum Gasteiger partial charge on any atom is -0.314 e. The van der Waals surface area contributed by atoms with E-state index in [-0.39, 0.29) is 0 Å². The van der Waals surface area contributed by atoms with E-state index in [0.717, 1.165) is 17.8 Å². The Labute approximate surface area is 124 Å². The van der Waals surface area contributed by atoms with E-state index in [1.54, 1.807) is 11.1 Å². The molecule has 0 saturated heterocycles. The van der Waals surface area contributed by atoms with E-state index in [1.807, 2.05) is 0 Å². The van der Waals surface area contributed by atoms with Crippen LogP contribution in [0.3, 0.4) is 0 Å². The van der Waals surface area contributed by atoms with Crippen molar-refractivity contribution >= 4 is 0 Å². The molecule has 2 aliphatic rings. The van der Waals surface area contributed by atoms with Crippen LogP contribution < -0.4 is 5.32 Å². The normalized spacial score (nSPS) is 26.9. The summed E-state index contributed by atoms with van der Waals surface area (Å²) in [5, 5.41) is 3.66. The monoisotopic (exact) mass is 271 g/mol. The Morgan fingerprint density at radius 1 is 1.00 bits per heavy atom. The Balaban J connectivity index is 1.77. The molecule has 0 amide bonds. The lowest BCUT2D eigenvalue weighted by Gasteiger charge is -2.31. The zero-order valence-electron chi connectivity index (χ0n) is 13.1. The minimum atomic E-state index is 0.609. The van der Waals surface area contributed by atoms with E-state index in [9.17, 15) is 0 Å². The van der Waals surface area contributed by atoms with Crippen LogP contribution in [0.25, 0.3) is 0 Å². The summed E-state index contributed by atoms with van der Waals surface area (Å²) in [4.78, 5) is 0. The highest BCUT2D eigenvalue weighted by atomic mass is 14.9. The second-order valence-corrected chi connectivity index (χ2v) is 7.12. The van der Waals surface area contributed by atoms with Crippen LogP contribution in [0.1, 0.15) is 75.3 Å². The van der Waals surface area contributed by atoms with Gasteiger partial charge in [-0.05, 0) is 61.1 Å². The second kappa shape index (κ2) is 6.30. The molecule has 1 heteroatoms. The standard InChI is InChI=1S/C19H29N/c1-14(2)20-13-16-9-6-12-18(16)19-11-4-3-10-17(19)15-7-5-8-15/h3-4,10-11,14-16,18,20H,5-9,12-13H2,1-2H3. The third-order valence-electron chi connectivity index (χ3n) is 5.39. The summed E-state index contributed by atoms with van der Waals surface area (Å²) < 4.78 is 0. The Morgan fingerprint density at radius 2 is 1.70 bits per heavy atom. The maximum atomic E-state index is 3.66. The van der Waals surface area contributed by atoms with Crippen molar-refractivity contribution in [2.45, 2.75) is 70.3 Å². The molecule has 0 bridgehead atoms. The van der Waals surface area contributed by atoms with Gasteiger partial charge in [-0.3, -0.25) is 0 Å². The molecule has 0 aliphatic heterocycles. The molecular weight excluding hydrogens is 242 g/mol. The van der Waals surface area contributed by atoms with Gasteiger partial charge in [-0.15, -0.1) is 0 Å². The van der Waals surface area contributed by atoms with Crippen LogP contribution >= 0.6 is 0 Å². The molecule has 3 rings (SSSR count). The molecule has 2 fully saturated rings. The van der Waals surface area contributed by atoms with Gasteiger partial charge < -0.3 is 5.32 Å². The third-order valence-corrected chi connectivity index (χ3v) is 5.39. The van der Waals surface area contributed by atoms with Crippen molar-refractivity contribution in [1.29, 1.82) is 0 Å². The fourth-order valence-corrected chi connectivity index (χ4v) is 4.02. The Bertz CT molecular complexity index is 433. The second-order valence-electron chi connectivity index (χ2n) is 7.12. The summed E-state index contributed by atoms with van der Waals surface area (Å²) in [7, 11) is 0. The molecule has 2 saturated carbocycles. The molecule has 20 heavy (non-hydrogen) atoms. The smallest absolute Gasteiger partial charge is 0.00104 e. The lowest BCUT2D eigenvalue weighted by atomic mass is 9.74. The van der Waals surface area contributed by atoms with Gasteiger partial charge in [-0.2, -0.15) is 0 Å². The maximum absolute atomic E-state index is 3.66. The molecule has 1 nitrogen and oxygen atoms in total. The van der Waals surface area contributed by atoms with Gasteiger partial charge in [0.25, 0.3) is 0 Å². The fraction of sp³-hybridized carbons (Fsp3) is 0.684. The zero-order valence-corrected chi connectivity index (χ0v) is 13.1. The highest BCUT2D eigenvalue weighted by molar-refractivity contribution is 5.35. The first kappa shape index (κ1) is 14.1. The summed E-state index contributed by atoms with van der Waals surface area (Å²) in [6.45, 7) is 5.71. The summed E-state index contributed by atoms with van der Waals surface area (Å²) in [6.07, 6.45) is 8.48. The molecule has 1 N–H and O–H groups in total. The SMILES string of the molecule is CC(C)NCC1CCCC1c1ccccc1C1CCC1. The molecule has 0 radical (unpaired) electrons. The molecule has 0 spiro atoms. The quantitative estimate of drug-likeness (QED) is 0.808. The van der Waals surface area contributed by atoms with E-state index < -0.39 is 0 Å². The Hall–Kier alpha value is -0.820. The summed E-state index contributed by atoms with van der Waals surface area (Å²) in [6, 6.07) is 9.94. The van der Waals surface area contributed by atoms with E-state index in [1.165, 1.54) is 45.1 Å². The molecular formula is C19H29N. The number of benzene rings is 1.